The molecule has 15 aromatic rings. The first-order chi connectivity index (χ1) is 49.5. The van der Waals surface area contributed by atoms with Crippen LogP contribution in [0.5, 0.6) is 103 Å². The van der Waals surface area contributed by atoms with Crippen LogP contribution in [0.2, 0.25) is 0 Å². The Kier molecular flexibility index (Phi) is 19.3. The van der Waals surface area contributed by atoms with Crippen molar-refractivity contribution in [2.45, 2.75) is 0 Å². The van der Waals surface area contributed by atoms with Crippen molar-refractivity contribution in [2.75, 3.05) is 7.11 Å². The van der Waals surface area contributed by atoms with Gasteiger partial charge in [0.1, 0.15) is 154 Å². The number of fused-ring (bicyclic) bond motifs is 5. The van der Waals surface area contributed by atoms with Crippen molar-refractivity contribution in [3.8, 4) is 160 Å². The molecule has 0 aliphatic rings. The first-order valence-corrected chi connectivity index (χ1v) is 30.0. The summed E-state index contributed by atoms with van der Waals surface area (Å²) in [4.78, 5) is 61.1. The second-order valence-electron chi connectivity index (χ2n) is 22.4. The SMILES string of the molecule is COc1ccc(-c2coc3cc(O)cc(O)c3c2=O)cc1.O=c1c(-c2ccc(O)cc2)coc2cc(O)cc(O)c12.O=c1c(O)c(-c2ccc(O)c(O)c2)oc2cc(O)cc(O)c12.O=c1c(O)c(-c2ccc(O)cc2)oc2cc(O)cc(O)c12.O=c1cc(-c2ccc(O)cc2)oc2cc(O)cc(O)c12. The van der Waals surface area contributed by atoms with E-state index in [1.54, 1.807) is 55.6 Å². The number of ether oxygens (including phenoxy) is 1. The van der Waals surface area contributed by atoms with E-state index in [1.165, 1.54) is 97.5 Å². The minimum absolute atomic E-state index is 0.00775. The highest BCUT2D eigenvalue weighted by atomic mass is 16.5. The maximum Gasteiger partial charge on any atom is 0.238 e. The lowest BCUT2D eigenvalue weighted by Gasteiger charge is -2.08. The second kappa shape index (κ2) is 28.6. The molecule has 0 unspecified atom stereocenters. The number of methoxy groups -OCH3 is 1. The van der Waals surface area contributed by atoms with Crippen LogP contribution in [0.25, 0.3) is 111 Å². The summed E-state index contributed by atoms with van der Waals surface area (Å²) in [6.07, 6.45) is 2.57. The Hall–Kier alpha value is -15.4. The third-order valence-corrected chi connectivity index (χ3v) is 15.4. The molecule has 524 valence electrons. The van der Waals surface area contributed by atoms with Gasteiger partial charge in [0, 0.05) is 83.4 Å². The highest BCUT2D eigenvalue weighted by Gasteiger charge is 2.23. The molecule has 0 aliphatic heterocycles. The maximum atomic E-state index is 12.5. The summed E-state index contributed by atoms with van der Waals surface area (Å²) in [5.74, 6) is -4.58. The van der Waals surface area contributed by atoms with Gasteiger partial charge in [0.15, 0.2) is 28.4 Å². The summed E-state index contributed by atoms with van der Waals surface area (Å²) in [6.45, 7) is 0. The predicted molar refractivity (Wildman–Crippen MR) is 374 cm³/mol. The van der Waals surface area contributed by atoms with Crippen molar-refractivity contribution in [3.63, 3.8) is 0 Å². The molecule has 17 N–H and O–H groups in total. The van der Waals surface area contributed by atoms with E-state index in [2.05, 4.69) is 0 Å². The summed E-state index contributed by atoms with van der Waals surface area (Å²) in [5, 5.41) is 162. The molecular formula is C76H52O28. The van der Waals surface area contributed by atoms with Crippen molar-refractivity contribution < 1.29 is 114 Å². The van der Waals surface area contributed by atoms with Crippen molar-refractivity contribution in [1.82, 2.24) is 0 Å². The lowest BCUT2D eigenvalue weighted by atomic mass is 10.0. The van der Waals surface area contributed by atoms with E-state index in [1.807, 2.05) is 0 Å². The van der Waals surface area contributed by atoms with Crippen LogP contribution in [0.15, 0.2) is 241 Å². The minimum atomic E-state index is -0.888. The fourth-order valence-corrected chi connectivity index (χ4v) is 10.5. The molecule has 0 atom stereocenters. The molecule has 0 spiro atoms. The van der Waals surface area contributed by atoms with Crippen LogP contribution >= 0.6 is 0 Å². The topological polar surface area (TPSA) is 504 Å². The highest BCUT2D eigenvalue weighted by molar-refractivity contribution is 5.92. The molecule has 10 aromatic carbocycles. The first-order valence-electron chi connectivity index (χ1n) is 30.0. The summed E-state index contributed by atoms with van der Waals surface area (Å²) in [6, 6.07) is 40.9. The molecule has 104 heavy (non-hydrogen) atoms. The van der Waals surface area contributed by atoms with E-state index < -0.39 is 50.5 Å². The highest BCUT2D eigenvalue weighted by Crippen LogP contribution is 2.40. The summed E-state index contributed by atoms with van der Waals surface area (Å²) in [7, 11) is 1.56. The Morgan fingerprint density at radius 3 is 0.990 bits per heavy atom. The zero-order valence-corrected chi connectivity index (χ0v) is 53.1. The predicted octanol–water partition coefficient (Wildman–Crippen LogP) is 12.3. The van der Waals surface area contributed by atoms with Gasteiger partial charge in [-0.15, -0.1) is 0 Å². The number of phenolic OH excluding ortho intramolecular Hbond substituents is 15. The zero-order chi connectivity index (χ0) is 74.7. The van der Waals surface area contributed by atoms with Gasteiger partial charge in [-0.2, -0.15) is 0 Å². The van der Waals surface area contributed by atoms with Gasteiger partial charge in [0.25, 0.3) is 0 Å². The molecule has 28 heteroatoms. The lowest BCUT2D eigenvalue weighted by Crippen LogP contribution is -2.05. The summed E-state index contributed by atoms with van der Waals surface area (Å²) in [5.41, 5.74) is 0.170. The number of hydrogen-bond acceptors (Lipinski definition) is 28. The molecule has 0 fully saturated rings. The Morgan fingerprint density at radius 1 is 0.269 bits per heavy atom. The molecule has 0 amide bonds. The Balaban J connectivity index is 0.000000130. The van der Waals surface area contributed by atoms with E-state index >= 15 is 0 Å². The molecule has 0 aliphatic carbocycles. The van der Waals surface area contributed by atoms with Crippen molar-refractivity contribution in [2.24, 2.45) is 0 Å². The number of rotatable bonds is 6. The Labute approximate surface area is 578 Å². The smallest absolute Gasteiger partial charge is 0.238 e. The van der Waals surface area contributed by atoms with Gasteiger partial charge >= 0.3 is 0 Å². The third kappa shape index (κ3) is 14.5. The number of benzene rings is 10. The molecule has 5 aromatic heterocycles. The molecule has 0 bridgehead atoms. The van der Waals surface area contributed by atoms with Crippen molar-refractivity contribution in [1.29, 1.82) is 0 Å². The van der Waals surface area contributed by atoms with Crippen LogP contribution in [0, 0.1) is 0 Å². The van der Waals surface area contributed by atoms with Crippen LogP contribution in [-0.2, 0) is 0 Å². The largest absolute Gasteiger partial charge is 0.508 e. The number of hydrogen-bond donors (Lipinski definition) is 17. The molecule has 28 nitrogen and oxygen atoms in total. The van der Waals surface area contributed by atoms with Crippen LogP contribution in [0.4, 0.5) is 0 Å². The first kappa shape index (κ1) is 70.0. The molecule has 5 heterocycles. The standard InChI is InChI=1S/C16H12O5.C15H10O7.C15H10O6.2C15H10O5/c1-20-11-4-2-9(3-5-11)12-8-21-14-7-10(17)6-13(18)15(14)16(12)19;16-7-4-10(19)12-11(5-7)22-15(14(21)13(12)20)6-1-2-8(17)9(18)3-6;16-8-3-1-7(2-4-8)15-14(20)13(19)12-10(18)5-9(17)6-11(12)21-15;16-9-3-1-8(2-4-9)11-7-20-13-6-10(17)5-12(18)14(13)15(11)19;16-9-3-1-8(2-4-9)13-7-12(19)15-11(18)5-10(17)6-14(15)20-13/h2-8,17-18H,1H3;1-5,16-19,21H;1-6,16-18,20H;2*1-7,16-18H. The van der Waals surface area contributed by atoms with Gasteiger partial charge in [-0.05, 0) is 102 Å². The average Bonchev–Trinajstić information content (AvgIpc) is 0.821. The van der Waals surface area contributed by atoms with E-state index in [9.17, 15) is 111 Å². The van der Waals surface area contributed by atoms with Crippen LogP contribution in [-0.4, -0.2) is 93.9 Å². The van der Waals surface area contributed by atoms with Gasteiger partial charge < -0.3 is 114 Å². The normalized spacial score (nSPS) is 10.8. The zero-order valence-electron chi connectivity index (χ0n) is 53.1. The molecule has 0 saturated carbocycles. The third-order valence-electron chi connectivity index (χ3n) is 15.4. The Morgan fingerprint density at radius 2 is 0.596 bits per heavy atom. The van der Waals surface area contributed by atoms with Gasteiger partial charge in [-0.3, -0.25) is 24.0 Å². The quantitative estimate of drug-likeness (QED) is 0.0688. The van der Waals surface area contributed by atoms with E-state index in [0.717, 1.165) is 48.5 Å². The molecule has 0 saturated heterocycles. The average molecular weight is 1410 g/mol. The number of aromatic hydroxyl groups is 17. The van der Waals surface area contributed by atoms with E-state index in [4.69, 9.17) is 26.8 Å². The van der Waals surface area contributed by atoms with Gasteiger partial charge in [-0.1, -0.05) is 24.3 Å². The molecule has 15 rings (SSSR count). The monoisotopic (exact) mass is 1410 g/mol. The second-order valence-corrected chi connectivity index (χ2v) is 22.4. The maximum absolute atomic E-state index is 12.5. The van der Waals surface area contributed by atoms with Crippen molar-refractivity contribution in [3.05, 3.63) is 246 Å². The summed E-state index contributed by atoms with van der Waals surface area (Å²) < 4.78 is 32.0. The van der Waals surface area contributed by atoms with E-state index in [-0.39, 0.29) is 158 Å². The van der Waals surface area contributed by atoms with Gasteiger partial charge in [-0.25, -0.2) is 0 Å². The lowest BCUT2D eigenvalue weighted by molar-refractivity contribution is 0.403. The van der Waals surface area contributed by atoms with Crippen molar-refractivity contribution >= 4 is 54.8 Å². The van der Waals surface area contributed by atoms with E-state index in [0.29, 0.717) is 33.6 Å². The molecule has 0 radical (unpaired) electrons. The summed E-state index contributed by atoms with van der Waals surface area (Å²) >= 11 is 0. The minimum Gasteiger partial charge on any atom is -0.508 e. The molecular weight excluding hydrogens is 1360 g/mol. The van der Waals surface area contributed by atoms with Crippen LogP contribution in [0.1, 0.15) is 0 Å². The van der Waals surface area contributed by atoms with Crippen LogP contribution in [0.3, 0.4) is 0 Å². The van der Waals surface area contributed by atoms with Gasteiger partial charge in [0.2, 0.25) is 33.2 Å². The van der Waals surface area contributed by atoms with Crippen LogP contribution < -0.4 is 31.9 Å². The fourth-order valence-electron chi connectivity index (χ4n) is 10.5. The van der Waals surface area contributed by atoms with Gasteiger partial charge in [0.05, 0.1) is 18.2 Å². The Bertz CT molecular complexity index is 6150. The fraction of sp³-hybridized carbons (Fsp3) is 0.0132. The number of phenols is 15.